The maximum absolute atomic E-state index is 14.2. The number of anilines is 1. The maximum atomic E-state index is 14.2. The number of benzene rings is 3. The second-order valence-corrected chi connectivity index (χ2v) is 12.9. The first-order valence-corrected chi connectivity index (χ1v) is 15.3. The molecule has 0 aliphatic heterocycles. The van der Waals surface area contributed by atoms with Gasteiger partial charge in [0.25, 0.3) is 10.0 Å². The molecule has 226 valence electrons. The molecule has 0 radical (unpaired) electrons. The number of hydrogen-bond donors (Lipinski definition) is 1. The summed E-state index contributed by atoms with van der Waals surface area (Å²) in [5.74, 6) is 0.102. The molecule has 3 rings (SSSR count). The molecule has 3 aromatic carbocycles. The zero-order chi connectivity index (χ0) is 31.1. The third-order valence-corrected chi connectivity index (χ3v) is 8.51. The van der Waals surface area contributed by atoms with Crippen molar-refractivity contribution in [2.75, 3.05) is 25.1 Å². The second kappa shape index (κ2) is 13.9. The molecule has 1 N–H and O–H groups in total. The highest BCUT2D eigenvalue weighted by molar-refractivity contribution is 7.92. The monoisotopic (exact) mass is 615 g/mol. The summed E-state index contributed by atoms with van der Waals surface area (Å²) in [4.78, 5) is 29.0. The second-order valence-electron chi connectivity index (χ2n) is 10.7. The Bertz CT molecular complexity index is 1470. The Hall–Kier alpha value is -3.76. The Morgan fingerprint density at radius 2 is 1.60 bits per heavy atom. The summed E-state index contributed by atoms with van der Waals surface area (Å²) in [5, 5.41) is 3.14. The number of methoxy groups -OCH3 is 2. The first-order chi connectivity index (χ1) is 19.8. The number of sulfonamides is 1. The normalized spacial score (nSPS) is 12.3. The molecule has 0 spiro atoms. The molecule has 0 aliphatic rings. The van der Waals surface area contributed by atoms with Gasteiger partial charge in [-0.25, -0.2) is 8.42 Å². The van der Waals surface area contributed by atoms with Gasteiger partial charge in [-0.3, -0.25) is 13.9 Å². The molecule has 0 aliphatic carbocycles. The van der Waals surface area contributed by atoms with Gasteiger partial charge in [0.05, 0.1) is 29.8 Å². The van der Waals surface area contributed by atoms with Crippen LogP contribution < -0.4 is 19.1 Å². The fourth-order valence-corrected chi connectivity index (χ4v) is 6.04. The van der Waals surface area contributed by atoms with Gasteiger partial charge in [-0.1, -0.05) is 48.9 Å². The van der Waals surface area contributed by atoms with Crippen molar-refractivity contribution in [2.45, 2.75) is 57.1 Å². The lowest BCUT2D eigenvalue weighted by Crippen LogP contribution is -2.55. The number of nitrogens with zero attached hydrogens (tertiary/aromatic N) is 2. The van der Waals surface area contributed by atoms with E-state index in [1.807, 2.05) is 27.7 Å². The maximum Gasteiger partial charge on any atom is 0.264 e. The molecule has 1 atom stereocenters. The van der Waals surface area contributed by atoms with Crippen molar-refractivity contribution in [3.63, 3.8) is 0 Å². The first kappa shape index (κ1) is 32.8. The van der Waals surface area contributed by atoms with Gasteiger partial charge in [0.15, 0.2) is 0 Å². The minimum Gasteiger partial charge on any atom is -0.497 e. The Balaban J connectivity index is 2.09. The van der Waals surface area contributed by atoms with E-state index < -0.39 is 34.1 Å². The van der Waals surface area contributed by atoms with Gasteiger partial charge in [0, 0.05) is 12.1 Å². The van der Waals surface area contributed by atoms with Crippen LogP contribution in [0.2, 0.25) is 5.02 Å². The van der Waals surface area contributed by atoms with Gasteiger partial charge in [0.1, 0.15) is 24.1 Å². The molecule has 0 saturated carbocycles. The summed E-state index contributed by atoms with van der Waals surface area (Å²) < 4.78 is 39.4. The van der Waals surface area contributed by atoms with E-state index in [4.69, 9.17) is 21.1 Å². The van der Waals surface area contributed by atoms with Gasteiger partial charge >= 0.3 is 0 Å². The molecule has 3 aromatic rings. The number of hydrogen-bond acceptors (Lipinski definition) is 6. The molecule has 0 fully saturated rings. The van der Waals surface area contributed by atoms with E-state index in [9.17, 15) is 18.0 Å². The number of ether oxygens (including phenoxy) is 2. The summed E-state index contributed by atoms with van der Waals surface area (Å²) in [5.41, 5.74) is 0.382. The molecule has 0 bridgehead atoms. The molecule has 2 amide bonds. The number of carbonyl (C=O) groups excluding carboxylic acids is 2. The van der Waals surface area contributed by atoms with E-state index in [1.165, 1.54) is 42.3 Å². The minimum absolute atomic E-state index is 0.00367. The quantitative estimate of drug-likeness (QED) is 0.297. The van der Waals surface area contributed by atoms with E-state index in [1.54, 1.807) is 49.6 Å². The van der Waals surface area contributed by atoms with Crippen LogP contribution in [-0.2, 0) is 26.2 Å². The van der Waals surface area contributed by atoms with Crippen molar-refractivity contribution in [1.29, 1.82) is 0 Å². The Morgan fingerprint density at radius 1 is 0.952 bits per heavy atom. The van der Waals surface area contributed by atoms with Gasteiger partial charge in [-0.2, -0.15) is 0 Å². The van der Waals surface area contributed by atoms with Crippen molar-refractivity contribution in [3.05, 3.63) is 83.4 Å². The summed E-state index contributed by atoms with van der Waals surface area (Å²) >= 11 is 6.37. The zero-order valence-corrected chi connectivity index (χ0v) is 26.3. The van der Waals surface area contributed by atoms with Crippen LogP contribution in [0.4, 0.5) is 5.69 Å². The molecular weight excluding hydrogens is 578 g/mol. The molecule has 1 unspecified atom stereocenters. The van der Waals surface area contributed by atoms with E-state index in [2.05, 4.69) is 5.32 Å². The van der Waals surface area contributed by atoms with Gasteiger partial charge in [-0.05, 0) is 75.2 Å². The van der Waals surface area contributed by atoms with Crippen LogP contribution in [0.3, 0.4) is 0 Å². The van der Waals surface area contributed by atoms with Crippen molar-refractivity contribution in [3.8, 4) is 11.5 Å². The van der Waals surface area contributed by atoms with Crippen molar-refractivity contribution in [1.82, 2.24) is 10.2 Å². The van der Waals surface area contributed by atoms with Crippen LogP contribution in [0.5, 0.6) is 11.5 Å². The van der Waals surface area contributed by atoms with E-state index in [0.29, 0.717) is 17.9 Å². The third-order valence-electron chi connectivity index (χ3n) is 6.43. The van der Waals surface area contributed by atoms with Crippen molar-refractivity contribution in [2.24, 2.45) is 0 Å². The minimum atomic E-state index is -4.21. The number of rotatable bonds is 12. The average molecular weight is 616 g/mol. The number of amides is 2. The van der Waals surface area contributed by atoms with Gasteiger partial charge in [0.2, 0.25) is 11.8 Å². The summed E-state index contributed by atoms with van der Waals surface area (Å²) in [6.07, 6.45) is 0.309. The molecule has 11 heteroatoms. The first-order valence-electron chi connectivity index (χ1n) is 13.5. The van der Waals surface area contributed by atoms with E-state index in [-0.39, 0.29) is 28.1 Å². The van der Waals surface area contributed by atoms with E-state index >= 15 is 0 Å². The topological polar surface area (TPSA) is 105 Å². The van der Waals surface area contributed by atoms with E-state index in [0.717, 1.165) is 9.87 Å². The van der Waals surface area contributed by atoms with Crippen LogP contribution in [-0.4, -0.2) is 57.5 Å². The van der Waals surface area contributed by atoms with Crippen LogP contribution in [0.15, 0.2) is 77.7 Å². The highest BCUT2D eigenvalue weighted by atomic mass is 35.5. The lowest BCUT2D eigenvalue weighted by Gasteiger charge is -2.34. The van der Waals surface area contributed by atoms with Crippen molar-refractivity contribution < 1.29 is 27.5 Å². The number of nitrogens with one attached hydrogen (secondary N) is 1. The Morgan fingerprint density at radius 3 is 2.12 bits per heavy atom. The lowest BCUT2D eigenvalue weighted by atomic mass is 10.1. The summed E-state index contributed by atoms with van der Waals surface area (Å²) in [7, 11) is -1.20. The lowest BCUT2D eigenvalue weighted by molar-refractivity contribution is -0.141. The fourth-order valence-electron chi connectivity index (χ4n) is 4.36. The molecular formula is C31H38ClN3O6S. The molecule has 0 heterocycles. The standard InChI is InChI=1S/C31H38ClN3O6S/c1-7-27(30(37)33-31(2,3)4)34(20-22-13-16-24(40-5)17-14-22)29(36)21-35(23-15-18-28(41-6)26(32)19-23)42(38,39)25-11-9-8-10-12-25/h8-19,27H,7,20-21H2,1-6H3,(H,33,37). The summed E-state index contributed by atoms with van der Waals surface area (Å²) in [6.45, 7) is 6.87. The smallest absolute Gasteiger partial charge is 0.264 e. The SMILES string of the molecule is CCC(C(=O)NC(C)(C)C)N(Cc1ccc(OC)cc1)C(=O)CN(c1ccc(OC)c(Cl)c1)S(=O)(=O)c1ccccc1. The van der Waals surface area contributed by atoms with Gasteiger partial charge < -0.3 is 19.7 Å². The average Bonchev–Trinajstić information content (AvgIpc) is 2.95. The molecule has 0 aromatic heterocycles. The Labute approximate surface area is 253 Å². The molecule has 42 heavy (non-hydrogen) atoms. The molecule has 0 saturated heterocycles. The predicted octanol–water partition coefficient (Wildman–Crippen LogP) is 5.27. The zero-order valence-electron chi connectivity index (χ0n) is 24.8. The Kier molecular flexibility index (Phi) is 10.9. The van der Waals surface area contributed by atoms with Crippen molar-refractivity contribution >= 4 is 39.1 Å². The molecule has 9 nitrogen and oxygen atoms in total. The number of carbonyl (C=O) groups is 2. The highest BCUT2D eigenvalue weighted by Crippen LogP contribution is 2.32. The van der Waals surface area contributed by atoms with Crippen LogP contribution in [0, 0.1) is 0 Å². The van der Waals surface area contributed by atoms with Crippen LogP contribution >= 0.6 is 11.6 Å². The summed E-state index contributed by atoms with van der Waals surface area (Å²) in [6, 6.07) is 18.6. The van der Waals surface area contributed by atoms with Crippen LogP contribution in [0.1, 0.15) is 39.7 Å². The highest BCUT2D eigenvalue weighted by Gasteiger charge is 2.34. The fraction of sp³-hybridized carbons (Fsp3) is 0.355. The van der Waals surface area contributed by atoms with Gasteiger partial charge in [-0.15, -0.1) is 0 Å². The van der Waals surface area contributed by atoms with Crippen LogP contribution in [0.25, 0.3) is 0 Å². The predicted molar refractivity (Wildman–Crippen MR) is 164 cm³/mol. The third kappa shape index (κ3) is 8.17. The number of halogens is 1. The largest absolute Gasteiger partial charge is 0.497 e.